The third kappa shape index (κ3) is 4.06. The molecule has 1 aliphatic rings. The molecule has 3 aromatic rings. The van der Waals surface area contributed by atoms with Crippen LogP contribution in [0.2, 0.25) is 0 Å². The van der Waals surface area contributed by atoms with Gasteiger partial charge in [0.05, 0.1) is 18.8 Å². The van der Waals surface area contributed by atoms with Crippen LogP contribution in [-0.4, -0.2) is 26.6 Å². The summed E-state index contributed by atoms with van der Waals surface area (Å²) in [5.41, 5.74) is -1.06. The number of hydrogen-bond donors (Lipinski definition) is 1. The minimum Gasteiger partial charge on any atom is -0.489 e. The average molecular weight is 484 g/mol. The van der Waals surface area contributed by atoms with Gasteiger partial charge in [0.1, 0.15) is 23.1 Å². The second kappa shape index (κ2) is 7.95. The zero-order valence-electron chi connectivity index (χ0n) is 15.9. The number of nitrogens with zero attached hydrogens (tertiary/aromatic N) is 3. The molecule has 0 atom stereocenters. The number of aromatic nitrogens is 1. The number of anilines is 3. The number of sulfonamides is 1. The lowest BCUT2D eigenvalue weighted by molar-refractivity contribution is -0.137. The summed E-state index contributed by atoms with van der Waals surface area (Å²) in [7, 11) is -4.31. The van der Waals surface area contributed by atoms with E-state index in [0.29, 0.717) is 6.07 Å². The molecule has 166 valence electrons. The standard InChI is InChI=1S/C19H12F4N4O3S2/c1-24-13-8-11(19(21,22)23)2-3-14(13)27-5-6-30-16-10-17(12(20)9-15(16)27)32(28,29)26-18-25-4-7-31-18/h2-4,7-10H,5-6H2,(H,25,26). The molecule has 4 rings (SSSR count). The minimum atomic E-state index is -4.62. The van der Waals surface area contributed by atoms with E-state index in [9.17, 15) is 26.0 Å². The second-order valence-corrected chi connectivity index (χ2v) is 9.05. The van der Waals surface area contributed by atoms with Gasteiger partial charge in [-0.05, 0) is 12.1 Å². The summed E-state index contributed by atoms with van der Waals surface area (Å²) >= 11 is 1.01. The van der Waals surface area contributed by atoms with Crippen LogP contribution in [-0.2, 0) is 16.2 Å². The van der Waals surface area contributed by atoms with Crippen molar-refractivity contribution in [3.8, 4) is 5.75 Å². The zero-order chi connectivity index (χ0) is 23.1. The highest BCUT2D eigenvalue weighted by atomic mass is 32.2. The van der Waals surface area contributed by atoms with Crippen LogP contribution in [0.25, 0.3) is 4.85 Å². The summed E-state index contributed by atoms with van der Waals surface area (Å²) in [6.45, 7) is 7.43. The minimum absolute atomic E-state index is 0.00740. The molecule has 7 nitrogen and oxygen atoms in total. The maximum atomic E-state index is 14.9. The Morgan fingerprint density at radius 1 is 1.22 bits per heavy atom. The molecule has 0 bridgehead atoms. The molecule has 32 heavy (non-hydrogen) atoms. The van der Waals surface area contributed by atoms with E-state index in [0.717, 1.165) is 35.6 Å². The Morgan fingerprint density at radius 2 is 2.00 bits per heavy atom. The van der Waals surface area contributed by atoms with E-state index in [-0.39, 0.29) is 41.1 Å². The van der Waals surface area contributed by atoms with Crippen LogP contribution in [0.4, 0.5) is 39.8 Å². The highest BCUT2D eigenvalue weighted by molar-refractivity contribution is 7.93. The number of halogens is 4. The maximum Gasteiger partial charge on any atom is 0.415 e. The van der Waals surface area contributed by atoms with Crippen molar-refractivity contribution in [1.29, 1.82) is 0 Å². The fourth-order valence-corrected chi connectivity index (χ4v) is 5.00. The van der Waals surface area contributed by atoms with Crippen molar-refractivity contribution in [2.75, 3.05) is 22.8 Å². The lowest BCUT2D eigenvalue weighted by Crippen LogP contribution is -2.29. The Hall–Kier alpha value is -3.37. The first kappa shape index (κ1) is 21.8. The van der Waals surface area contributed by atoms with Gasteiger partial charge in [-0.25, -0.2) is 22.6 Å². The van der Waals surface area contributed by atoms with Gasteiger partial charge in [0.2, 0.25) is 5.69 Å². The molecule has 1 aromatic heterocycles. The van der Waals surface area contributed by atoms with E-state index in [1.807, 2.05) is 0 Å². The molecule has 13 heteroatoms. The Morgan fingerprint density at radius 3 is 2.66 bits per heavy atom. The van der Waals surface area contributed by atoms with Crippen molar-refractivity contribution in [2.45, 2.75) is 11.1 Å². The van der Waals surface area contributed by atoms with Gasteiger partial charge in [-0.15, -0.1) is 11.3 Å². The molecule has 0 unspecified atom stereocenters. The normalized spacial score (nSPS) is 13.8. The van der Waals surface area contributed by atoms with E-state index >= 15 is 0 Å². The van der Waals surface area contributed by atoms with Crippen molar-refractivity contribution >= 4 is 43.6 Å². The maximum absolute atomic E-state index is 14.9. The zero-order valence-corrected chi connectivity index (χ0v) is 17.5. The van der Waals surface area contributed by atoms with Crippen LogP contribution in [0.3, 0.4) is 0 Å². The first-order chi connectivity index (χ1) is 15.1. The molecular formula is C19H12F4N4O3S2. The molecule has 0 spiro atoms. The summed E-state index contributed by atoms with van der Waals surface area (Å²) in [6, 6.07) is 4.57. The van der Waals surface area contributed by atoms with Crippen LogP contribution in [0.5, 0.6) is 5.75 Å². The molecule has 0 amide bonds. The Balaban J connectivity index is 1.76. The number of nitrogens with one attached hydrogen (secondary N) is 1. The van der Waals surface area contributed by atoms with Gasteiger partial charge in [-0.3, -0.25) is 4.72 Å². The molecular weight excluding hydrogens is 472 g/mol. The molecule has 1 N–H and O–H groups in total. The first-order valence-corrected chi connectivity index (χ1v) is 11.2. The Kier molecular flexibility index (Phi) is 5.43. The average Bonchev–Trinajstić information content (AvgIpc) is 3.24. The van der Waals surface area contributed by atoms with Gasteiger partial charge in [0, 0.05) is 35.0 Å². The summed E-state index contributed by atoms with van der Waals surface area (Å²) in [5, 5.41) is 1.59. The fraction of sp³-hybridized carbons (Fsp3) is 0.158. The monoisotopic (exact) mass is 484 g/mol. The number of hydrogen-bond acceptors (Lipinski definition) is 6. The van der Waals surface area contributed by atoms with E-state index in [4.69, 9.17) is 11.3 Å². The van der Waals surface area contributed by atoms with Crippen LogP contribution in [0, 0.1) is 12.4 Å². The highest BCUT2D eigenvalue weighted by Crippen LogP contribution is 2.44. The van der Waals surface area contributed by atoms with Crippen molar-refractivity contribution in [3.05, 3.63) is 64.7 Å². The van der Waals surface area contributed by atoms with Crippen LogP contribution in [0.15, 0.2) is 46.8 Å². The quantitative estimate of drug-likeness (QED) is 0.408. The topological polar surface area (TPSA) is 75.9 Å². The Bertz CT molecular complexity index is 1320. The number of benzene rings is 2. The van der Waals surface area contributed by atoms with E-state index in [1.54, 1.807) is 5.38 Å². The number of rotatable bonds is 4. The smallest absolute Gasteiger partial charge is 0.415 e. The lowest BCUT2D eigenvalue weighted by Gasteiger charge is -2.32. The summed E-state index contributed by atoms with van der Waals surface area (Å²) < 4.78 is 86.7. The van der Waals surface area contributed by atoms with Gasteiger partial charge in [0.15, 0.2) is 5.13 Å². The number of ether oxygens (including phenoxy) is 1. The van der Waals surface area contributed by atoms with Crippen LogP contribution in [0.1, 0.15) is 5.56 Å². The van der Waals surface area contributed by atoms with E-state index < -0.39 is 32.5 Å². The van der Waals surface area contributed by atoms with Crippen LogP contribution >= 0.6 is 11.3 Å². The van der Waals surface area contributed by atoms with Crippen molar-refractivity contribution < 1.29 is 30.7 Å². The van der Waals surface area contributed by atoms with E-state index in [2.05, 4.69) is 14.6 Å². The third-order valence-electron chi connectivity index (χ3n) is 4.53. The van der Waals surface area contributed by atoms with Gasteiger partial charge in [0.25, 0.3) is 10.0 Å². The summed E-state index contributed by atoms with van der Waals surface area (Å²) in [6.07, 6.45) is -3.24. The first-order valence-electron chi connectivity index (χ1n) is 8.85. The molecule has 0 aliphatic carbocycles. The van der Waals surface area contributed by atoms with Crippen molar-refractivity contribution in [2.24, 2.45) is 0 Å². The molecule has 0 saturated carbocycles. The highest BCUT2D eigenvalue weighted by Gasteiger charge is 2.33. The molecule has 0 radical (unpaired) electrons. The number of alkyl halides is 3. The van der Waals surface area contributed by atoms with Crippen molar-refractivity contribution in [3.63, 3.8) is 0 Å². The molecule has 2 heterocycles. The van der Waals surface area contributed by atoms with Gasteiger partial charge < -0.3 is 9.64 Å². The fourth-order valence-electron chi connectivity index (χ4n) is 3.14. The van der Waals surface area contributed by atoms with Gasteiger partial charge in [-0.2, -0.15) is 13.2 Å². The van der Waals surface area contributed by atoms with E-state index in [1.165, 1.54) is 11.1 Å². The largest absolute Gasteiger partial charge is 0.489 e. The Labute approximate surface area is 183 Å². The third-order valence-corrected chi connectivity index (χ3v) is 6.71. The summed E-state index contributed by atoms with van der Waals surface area (Å²) in [4.78, 5) is 7.72. The SMILES string of the molecule is [C-]#[N+]c1cc(C(F)(F)F)ccc1N1CCOc2cc(S(=O)(=O)Nc3nccs3)c(F)cc21. The lowest BCUT2D eigenvalue weighted by atomic mass is 10.1. The van der Waals surface area contributed by atoms with Gasteiger partial charge in [-0.1, -0.05) is 6.07 Å². The second-order valence-electron chi connectivity index (χ2n) is 6.51. The van der Waals surface area contributed by atoms with Crippen molar-refractivity contribution in [1.82, 2.24) is 4.98 Å². The molecule has 0 fully saturated rings. The number of thiazole rings is 1. The van der Waals surface area contributed by atoms with Crippen LogP contribution < -0.4 is 14.4 Å². The molecule has 2 aromatic carbocycles. The molecule has 0 saturated heterocycles. The van der Waals surface area contributed by atoms with Gasteiger partial charge >= 0.3 is 6.18 Å². The molecule has 1 aliphatic heterocycles. The predicted molar refractivity (Wildman–Crippen MR) is 110 cm³/mol. The predicted octanol–water partition coefficient (Wildman–Crippen LogP) is 5.18. The summed E-state index contributed by atoms with van der Waals surface area (Å²) in [5.74, 6) is -1.09. The number of fused-ring (bicyclic) bond motifs is 1.